The lowest BCUT2D eigenvalue weighted by Gasteiger charge is -2.19. The minimum atomic E-state index is -0.663. The van der Waals surface area contributed by atoms with Gasteiger partial charge in [-0.3, -0.25) is 9.59 Å². The van der Waals surface area contributed by atoms with E-state index in [9.17, 15) is 14.4 Å². The summed E-state index contributed by atoms with van der Waals surface area (Å²) in [4.78, 5) is 35.4. The molecule has 0 bridgehead atoms. The molecule has 0 radical (unpaired) electrons. The molecule has 7 nitrogen and oxygen atoms in total. The molecular weight excluding hydrogens is 322 g/mol. The van der Waals surface area contributed by atoms with Gasteiger partial charge in [0, 0.05) is 6.42 Å². The summed E-state index contributed by atoms with van der Waals surface area (Å²) in [6.07, 6.45) is 1.50. The van der Waals surface area contributed by atoms with Crippen LogP contribution < -0.4 is 16.0 Å². The Kier molecular flexibility index (Phi) is 7.91. The molecule has 1 aromatic carbocycles. The van der Waals surface area contributed by atoms with Gasteiger partial charge in [0.15, 0.2) is 0 Å². The molecule has 0 aliphatic carbocycles. The normalized spacial score (nSPS) is 10.7. The molecule has 1 rings (SSSR count). The van der Waals surface area contributed by atoms with Gasteiger partial charge in [-0.2, -0.15) is 0 Å². The summed E-state index contributed by atoms with van der Waals surface area (Å²) in [5.41, 5.74) is 0.369. The Balaban J connectivity index is 2.57. The van der Waals surface area contributed by atoms with E-state index in [2.05, 4.69) is 16.0 Å². The quantitative estimate of drug-likeness (QED) is 0.704. The van der Waals surface area contributed by atoms with Crippen LogP contribution in [0.5, 0.6) is 0 Å². The van der Waals surface area contributed by atoms with Crippen LogP contribution in [0.2, 0.25) is 0 Å². The fourth-order valence-corrected chi connectivity index (χ4v) is 1.91. The molecule has 0 aliphatic rings. The summed E-state index contributed by atoms with van der Waals surface area (Å²) >= 11 is 0. The summed E-state index contributed by atoms with van der Waals surface area (Å²) in [7, 11) is 0. The summed E-state index contributed by atoms with van der Waals surface area (Å²) in [6, 6.07) is 6.91. The largest absolute Gasteiger partial charge is 0.444 e. The van der Waals surface area contributed by atoms with Crippen LogP contribution in [0, 0.1) is 0 Å². The Morgan fingerprint density at radius 1 is 1.00 bits per heavy atom. The van der Waals surface area contributed by atoms with E-state index >= 15 is 0 Å². The van der Waals surface area contributed by atoms with E-state index in [0.717, 1.165) is 12.8 Å². The second-order valence-corrected chi connectivity index (χ2v) is 6.60. The SMILES string of the molecule is CCCCC(=O)Nc1ccccc1NC(=O)CNC(=O)OC(C)(C)C. The molecule has 0 saturated heterocycles. The molecule has 0 saturated carbocycles. The van der Waals surface area contributed by atoms with Crippen molar-refractivity contribution in [1.82, 2.24) is 5.32 Å². The first-order valence-electron chi connectivity index (χ1n) is 8.37. The fourth-order valence-electron chi connectivity index (χ4n) is 1.91. The van der Waals surface area contributed by atoms with E-state index in [1.807, 2.05) is 6.92 Å². The number of carbonyl (C=O) groups excluding carboxylic acids is 3. The molecule has 0 fully saturated rings. The van der Waals surface area contributed by atoms with Gasteiger partial charge in [0.1, 0.15) is 12.1 Å². The number of rotatable bonds is 7. The summed E-state index contributed by atoms with van der Waals surface area (Å²) in [5, 5.41) is 7.83. The first-order chi connectivity index (χ1) is 11.7. The van der Waals surface area contributed by atoms with Crippen LogP contribution >= 0.6 is 0 Å². The van der Waals surface area contributed by atoms with Crippen LogP contribution in [0.3, 0.4) is 0 Å². The van der Waals surface area contributed by atoms with Crippen molar-refractivity contribution in [2.75, 3.05) is 17.2 Å². The smallest absolute Gasteiger partial charge is 0.408 e. The molecule has 138 valence electrons. The predicted molar refractivity (Wildman–Crippen MR) is 97.5 cm³/mol. The number of hydrogen-bond acceptors (Lipinski definition) is 4. The molecule has 0 unspecified atom stereocenters. The van der Waals surface area contributed by atoms with Gasteiger partial charge >= 0.3 is 6.09 Å². The lowest BCUT2D eigenvalue weighted by atomic mass is 10.2. The van der Waals surface area contributed by atoms with E-state index in [1.54, 1.807) is 45.0 Å². The molecule has 1 aromatic rings. The lowest BCUT2D eigenvalue weighted by molar-refractivity contribution is -0.116. The standard InChI is InChI=1S/C18H27N3O4/c1-5-6-11-15(22)20-13-9-7-8-10-14(13)21-16(23)12-19-17(24)25-18(2,3)4/h7-10H,5-6,11-12H2,1-4H3,(H,19,24)(H,20,22)(H,21,23). The van der Waals surface area contributed by atoms with Crippen LogP contribution in [0.25, 0.3) is 0 Å². The molecule has 3 N–H and O–H groups in total. The van der Waals surface area contributed by atoms with Crippen LogP contribution in [0.15, 0.2) is 24.3 Å². The average molecular weight is 349 g/mol. The number of para-hydroxylation sites is 2. The van der Waals surface area contributed by atoms with Gasteiger partial charge in [0.2, 0.25) is 11.8 Å². The highest BCUT2D eigenvalue weighted by atomic mass is 16.6. The van der Waals surface area contributed by atoms with Gasteiger partial charge in [0.25, 0.3) is 0 Å². The predicted octanol–water partition coefficient (Wildman–Crippen LogP) is 3.28. The van der Waals surface area contributed by atoms with Crippen molar-refractivity contribution < 1.29 is 19.1 Å². The molecule has 7 heteroatoms. The molecule has 0 spiro atoms. The topological polar surface area (TPSA) is 96.5 Å². The zero-order chi connectivity index (χ0) is 18.9. The van der Waals surface area contributed by atoms with Gasteiger partial charge in [-0.15, -0.1) is 0 Å². The van der Waals surface area contributed by atoms with Crippen LogP contribution in [0.1, 0.15) is 47.0 Å². The minimum Gasteiger partial charge on any atom is -0.444 e. The number of alkyl carbamates (subject to hydrolysis) is 1. The number of amides is 3. The Labute approximate surface area is 148 Å². The molecular formula is C18H27N3O4. The van der Waals surface area contributed by atoms with Crippen molar-refractivity contribution in [1.29, 1.82) is 0 Å². The van der Waals surface area contributed by atoms with Crippen LogP contribution in [-0.4, -0.2) is 30.1 Å². The van der Waals surface area contributed by atoms with Crippen molar-refractivity contribution in [3.05, 3.63) is 24.3 Å². The number of hydrogen-bond donors (Lipinski definition) is 3. The third-order valence-electron chi connectivity index (χ3n) is 3.02. The van der Waals surface area contributed by atoms with E-state index in [0.29, 0.717) is 17.8 Å². The Morgan fingerprint density at radius 3 is 2.08 bits per heavy atom. The number of anilines is 2. The van der Waals surface area contributed by atoms with Crippen LogP contribution in [0.4, 0.5) is 16.2 Å². The van der Waals surface area contributed by atoms with Gasteiger partial charge in [-0.1, -0.05) is 25.5 Å². The summed E-state index contributed by atoms with van der Waals surface area (Å²) in [5.74, 6) is -0.517. The van der Waals surface area contributed by atoms with E-state index < -0.39 is 17.6 Å². The number of carbonyl (C=O) groups is 3. The van der Waals surface area contributed by atoms with Gasteiger partial charge < -0.3 is 20.7 Å². The molecule has 25 heavy (non-hydrogen) atoms. The molecule has 0 atom stereocenters. The maximum absolute atomic E-state index is 12.0. The summed E-state index contributed by atoms with van der Waals surface area (Å²) < 4.78 is 5.07. The maximum atomic E-state index is 12.0. The number of unbranched alkanes of at least 4 members (excludes halogenated alkanes) is 1. The molecule has 0 aliphatic heterocycles. The van der Waals surface area contributed by atoms with Crippen LogP contribution in [-0.2, 0) is 14.3 Å². The monoisotopic (exact) mass is 349 g/mol. The van der Waals surface area contributed by atoms with Crippen molar-refractivity contribution >= 4 is 29.3 Å². The molecule has 0 heterocycles. The molecule has 3 amide bonds. The van der Waals surface area contributed by atoms with Crippen molar-refractivity contribution in [3.63, 3.8) is 0 Å². The second-order valence-electron chi connectivity index (χ2n) is 6.60. The summed E-state index contributed by atoms with van der Waals surface area (Å²) in [6.45, 7) is 7.00. The average Bonchev–Trinajstić information content (AvgIpc) is 2.51. The Bertz CT molecular complexity index is 609. The molecule has 0 aromatic heterocycles. The highest BCUT2D eigenvalue weighted by Crippen LogP contribution is 2.21. The van der Waals surface area contributed by atoms with Gasteiger partial charge in [-0.25, -0.2) is 4.79 Å². The minimum absolute atomic E-state index is 0.101. The first kappa shape index (κ1) is 20.5. The second kappa shape index (κ2) is 9.66. The first-order valence-corrected chi connectivity index (χ1v) is 8.37. The van der Waals surface area contributed by atoms with Gasteiger partial charge in [-0.05, 0) is 39.3 Å². The highest BCUT2D eigenvalue weighted by Gasteiger charge is 2.17. The number of nitrogens with one attached hydrogen (secondary N) is 3. The van der Waals surface area contributed by atoms with Crippen molar-refractivity contribution in [2.24, 2.45) is 0 Å². The number of benzene rings is 1. The maximum Gasteiger partial charge on any atom is 0.408 e. The zero-order valence-corrected chi connectivity index (χ0v) is 15.3. The van der Waals surface area contributed by atoms with Gasteiger partial charge in [0.05, 0.1) is 11.4 Å². The Hall–Kier alpha value is -2.57. The van der Waals surface area contributed by atoms with E-state index in [-0.39, 0.29) is 12.5 Å². The third kappa shape index (κ3) is 8.74. The lowest BCUT2D eigenvalue weighted by Crippen LogP contribution is -2.37. The van der Waals surface area contributed by atoms with Crippen molar-refractivity contribution in [2.45, 2.75) is 52.6 Å². The fraction of sp³-hybridized carbons (Fsp3) is 0.500. The number of ether oxygens (including phenoxy) is 1. The van der Waals surface area contributed by atoms with E-state index in [4.69, 9.17) is 4.74 Å². The zero-order valence-electron chi connectivity index (χ0n) is 15.3. The third-order valence-corrected chi connectivity index (χ3v) is 3.02. The van der Waals surface area contributed by atoms with E-state index in [1.165, 1.54) is 0 Å². The highest BCUT2D eigenvalue weighted by molar-refractivity contribution is 6.00. The van der Waals surface area contributed by atoms with Crippen molar-refractivity contribution in [3.8, 4) is 0 Å². The Morgan fingerprint density at radius 2 is 1.56 bits per heavy atom.